The Morgan fingerprint density at radius 3 is 2.39 bits per heavy atom. The quantitative estimate of drug-likeness (QED) is 0.720. The van der Waals surface area contributed by atoms with Gasteiger partial charge in [-0.15, -0.1) is 0 Å². The molecule has 6 nitrogen and oxygen atoms in total. The highest BCUT2D eigenvalue weighted by Gasteiger charge is 2.34. The smallest absolute Gasteiger partial charge is 0.251 e. The molecule has 0 aromatic rings. The van der Waals surface area contributed by atoms with Gasteiger partial charge in [-0.05, 0) is 19.8 Å². The molecule has 0 radical (unpaired) electrons. The maximum absolute atomic E-state index is 12.6. The van der Waals surface area contributed by atoms with Crippen LogP contribution in [0.5, 0.6) is 0 Å². The predicted molar refractivity (Wildman–Crippen MR) is 82.8 cm³/mol. The van der Waals surface area contributed by atoms with E-state index in [1.54, 1.807) is 16.7 Å². The Morgan fingerprint density at radius 1 is 1.17 bits per heavy atom. The molecule has 2 fully saturated rings. The van der Waals surface area contributed by atoms with Crippen molar-refractivity contribution >= 4 is 15.9 Å². The third kappa shape index (κ3) is 4.84. The third-order valence-corrected chi connectivity index (χ3v) is 6.42. The first-order valence-electron chi connectivity index (χ1n) is 8.10. The van der Waals surface area contributed by atoms with Crippen LogP contribution in [0.4, 0.5) is 8.78 Å². The summed E-state index contributed by atoms with van der Waals surface area (Å²) in [7, 11) is -3.27. The Kier molecular flexibility index (Phi) is 6.33. The van der Waals surface area contributed by atoms with Gasteiger partial charge in [0.05, 0.1) is 18.2 Å². The summed E-state index contributed by atoms with van der Waals surface area (Å²) in [6.07, 6.45) is -0.990. The Balaban J connectivity index is 1.88. The van der Waals surface area contributed by atoms with Crippen molar-refractivity contribution in [1.82, 2.24) is 14.1 Å². The molecule has 2 rings (SSSR count). The Bertz CT molecular complexity index is 507. The van der Waals surface area contributed by atoms with E-state index in [0.29, 0.717) is 45.6 Å². The molecule has 0 aromatic heterocycles. The molecule has 2 aliphatic rings. The number of carbonyl (C=O) groups is 1. The monoisotopic (exact) mass is 353 g/mol. The number of nitrogens with zero attached hydrogens (tertiary/aromatic N) is 3. The molecule has 9 heteroatoms. The first-order chi connectivity index (χ1) is 10.8. The maximum atomic E-state index is 12.6. The highest BCUT2D eigenvalue weighted by molar-refractivity contribution is 7.89. The molecule has 23 heavy (non-hydrogen) atoms. The lowest BCUT2D eigenvalue weighted by Crippen LogP contribution is -2.53. The van der Waals surface area contributed by atoms with Crippen LogP contribution in [0, 0.1) is 5.92 Å². The van der Waals surface area contributed by atoms with Crippen molar-refractivity contribution < 1.29 is 22.0 Å². The van der Waals surface area contributed by atoms with E-state index in [-0.39, 0.29) is 30.7 Å². The minimum Gasteiger partial charge on any atom is -0.340 e. The lowest BCUT2D eigenvalue weighted by Gasteiger charge is -2.38. The van der Waals surface area contributed by atoms with E-state index in [0.717, 1.165) is 0 Å². The highest BCUT2D eigenvalue weighted by Crippen LogP contribution is 2.22. The molecule has 2 saturated heterocycles. The molecule has 1 atom stereocenters. The van der Waals surface area contributed by atoms with E-state index in [1.165, 1.54) is 4.31 Å². The molecular weight excluding hydrogens is 328 g/mol. The van der Waals surface area contributed by atoms with Gasteiger partial charge in [-0.3, -0.25) is 9.69 Å². The second-order valence-electron chi connectivity index (χ2n) is 6.11. The number of halogens is 2. The molecule has 0 aromatic carbocycles. The fourth-order valence-electron chi connectivity index (χ4n) is 3.18. The van der Waals surface area contributed by atoms with Crippen molar-refractivity contribution in [3.8, 4) is 0 Å². The normalized spacial score (nSPS) is 25.0. The fraction of sp³-hybridized carbons (Fsp3) is 0.929. The standard InChI is InChI=1S/C14H25F2N3O3S/c1-2-23(21,22)19-5-3-4-12(10-19)14(20)18-8-6-17(7-9-18)11-13(15)16/h12-13H,2-11H2,1H3. The summed E-state index contributed by atoms with van der Waals surface area (Å²) in [5.41, 5.74) is 0. The van der Waals surface area contributed by atoms with Crippen LogP contribution in [-0.2, 0) is 14.8 Å². The zero-order valence-electron chi connectivity index (χ0n) is 13.5. The summed E-state index contributed by atoms with van der Waals surface area (Å²) >= 11 is 0. The molecule has 1 amide bonds. The Hall–Kier alpha value is -0.800. The van der Waals surface area contributed by atoms with E-state index in [4.69, 9.17) is 0 Å². The van der Waals surface area contributed by atoms with E-state index >= 15 is 0 Å². The molecule has 0 N–H and O–H groups in total. The molecule has 134 valence electrons. The van der Waals surface area contributed by atoms with E-state index in [2.05, 4.69) is 0 Å². The molecule has 0 bridgehead atoms. The van der Waals surface area contributed by atoms with Crippen molar-refractivity contribution in [3.05, 3.63) is 0 Å². The van der Waals surface area contributed by atoms with Gasteiger partial charge in [-0.2, -0.15) is 0 Å². The van der Waals surface area contributed by atoms with Crippen molar-refractivity contribution in [2.45, 2.75) is 26.2 Å². The van der Waals surface area contributed by atoms with Crippen LogP contribution >= 0.6 is 0 Å². The largest absolute Gasteiger partial charge is 0.340 e. The van der Waals surface area contributed by atoms with Crippen molar-refractivity contribution in [2.24, 2.45) is 5.92 Å². The van der Waals surface area contributed by atoms with Crippen LogP contribution in [0.1, 0.15) is 19.8 Å². The number of rotatable bonds is 5. The average Bonchev–Trinajstić information content (AvgIpc) is 2.54. The molecule has 0 saturated carbocycles. The molecule has 2 heterocycles. The van der Waals surface area contributed by atoms with Crippen LogP contribution in [0.25, 0.3) is 0 Å². The number of alkyl halides is 2. The highest BCUT2D eigenvalue weighted by atomic mass is 32.2. The number of carbonyl (C=O) groups excluding carboxylic acids is 1. The van der Waals surface area contributed by atoms with Gasteiger partial charge >= 0.3 is 0 Å². The molecular formula is C14H25F2N3O3S. The summed E-state index contributed by atoms with van der Waals surface area (Å²) in [6.45, 7) is 3.82. The van der Waals surface area contributed by atoms with Crippen molar-refractivity contribution in [2.75, 3.05) is 51.6 Å². The van der Waals surface area contributed by atoms with Gasteiger partial charge < -0.3 is 4.90 Å². The zero-order valence-corrected chi connectivity index (χ0v) is 14.3. The second-order valence-corrected chi connectivity index (χ2v) is 8.37. The first-order valence-corrected chi connectivity index (χ1v) is 9.71. The number of amides is 1. The second kappa shape index (κ2) is 7.85. The Morgan fingerprint density at radius 2 is 1.83 bits per heavy atom. The summed E-state index contributed by atoms with van der Waals surface area (Å²) in [5.74, 6) is -0.315. The van der Waals surface area contributed by atoms with Crippen molar-refractivity contribution in [3.63, 3.8) is 0 Å². The van der Waals surface area contributed by atoms with E-state index in [9.17, 15) is 22.0 Å². The topological polar surface area (TPSA) is 60.9 Å². The lowest BCUT2D eigenvalue weighted by molar-refractivity contribution is -0.138. The molecule has 0 aliphatic carbocycles. The third-order valence-electron chi connectivity index (χ3n) is 4.57. The Labute approximate surface area is 136 Å². The van der Waals surface area contributed by atoms with Gasteiger partial charge in [-0.1, -0.05) is 0 Å². The average molecular weight is 353 g/mol. The summed E-state index contributed by atoms with van der Waals surface area (Å²) in [5, 5.41) is 0. The number of sulfonamides is 1. The summed E-state index contributed by atoms with van der Waals surface area (Å²) < 4.78 is 50.1. The first kappa shape index (κ1) is 18.5. The van der Waals surface area contributed by atoms with Crippen LogP contribution < -0.4 is 0 Å². The summed E-state index contributed by atoms with van der Waals surface area (Å²) in [6, 6.07) is 0. The number of piperazine rings is 1. The maximum Gasteiger partial charge on any atom is 0.251 e. The minimum atomic E-state index is -3.27. The minimum absolute atomic E-state index is 0.0419. The zero-order chi connectivity index (χ0) is 17.0. The van der Waals surface area contributed by atoms with Gasteiger partial charge in [0.15, 0.2) is 0 Å². The molecule has 1 unspecified atom stereocenters. The SMILES string of the molecule is CCS(=O)(=O)N1CCCC(C(=O)N2CCN(CC(F)F)CC2)C1. The number of piperidine rings is 1. The van der Waals surface area contributed by atoms with Gasteiger partial charge in [0.2, 0.25) is 15.9 Å². The molecule has 0 spiro atoms. The van der Waals surface area contributed by atoms with Gasteiger partial charge in [0.1, 0.15) is 0 Å². The van der Waals surface area contributed by atoms with Crippen molar-refractivity contribution in [1.29, 1.82) is 0 Å². The predicted octanol–water partition coefficient (Wildman–Crippen LogP) is 0.457. The fourth-order valence-corrected chi connectivity index (χ4v) is 4.36. The van der Waals surface area contributed by atoms with E-state index < -0.39 is 16.4 Å². The molecule has 2 aliphatic heterocycles. The van der Waals surface area contributed by atoms with Gasteiger partial charge in [0, 0.05) is 39.3 Å². The van der Waals surface area contributed by atoms with Gasteiger partial charge in [0.25, 0.3) is 6.43 Å². The van der Waals surface area contributed by atoms with Crippen LogP contribution in [0.15, 0.2) is 0 Å². The van der Waals surface area contributed by atoms with Gasteiger partial charge in [-0.25, -0.2) is 21.5 Å². The lowest BCUT2D eigenvalue weighted by atomic mass is 9.98. The van der Waals surface area contributed by atoms with Crippen LogP contribution in [0.2, 0.25) is 0 Å². The van der Waals surface area contributed by atoms with E-state index in [1.807, 2.05) is 0 Å². The summed E-state index contributed by atoms with van der Waals surface area (Å²) in [4.78, 5) is 15.9. The van der Waals surface area contributed by atoms with Crippen LogP contribution in [0.3, 0.4) is 0 Å². The number of hydrogen-bond acceptors (Lipinski definition) is 4. The number of hydrogen-bond donors (Lipinski definition) is 0. The van der Waals surface area contributed by atoms with Crippen LogP contribution in [-0.4, -0.2) is 86.4 Å².